The number of rotatable bonds is 12. The maximum Gasteiger partial charge on any atom is 0.272 e. The molecule has 0 saturated carbocycles. The van der Waals surface area contributed by atoms with Crippen LogP contribution in [0.1, 0.15) is 15.9 Å². The van der Waals surface area contributed by atoms with E-state index in [0.29, 0.717) is 51.2 Å². The van der Waals surface area contributed by atoms with E-state index < -0.39 is 11.8 Å². The van der Waals surface area contributed by atoms with Crippen LogP contribution in [0.3, 0.4) is 0 Å². The Bertz CT molecular complexity index is 1780. The molecule has 46 heavy (non-hydrogen) atoms. The van der Waals surface area contributed by atoms with Crippen molar-refractivity contribution in [1.82, 2.24) is 5.32 Å². The zero-order valence-electron chi connectivity index (χ0n) is 25.2. The van der Waals surface area contributed by atoms with E-state index in [9.17, 15) is 14.4 Å². The highest BCUT2D eigenvalue weighted by Gasteiger charge is 2.19. The Labute approximate surface area is 269 Å². The first-order chi connectivity index (χ1) is 22.4. The minimum Gasteiger partial charge on any atom is -0.496 e. The summed E-state index contributed by atoms with van der Waals surface area (Å²) in [6, 6.07) is 24.0. The van der Waals surface area contributed by atoms with Gasteiger partial charge in [0.1, 0.15) is 11.4 Å². The quantitative estimate of drug-likeness (QED) is 0.134. The molecule has 12 heteroatoms. The summed E-state index contributed by atoms with van der Waals surface area (Å²) in [5, 5.41) is 8.40. The average Bonchev–Trinajstić information content (AvgIpc) is 3.55. The highest BCUT2D eigenvalue weighted by molar-refractivity contribution is 8.00. The second-order valence-electron chi connectivity index (χ2n) is 9.71. The molecule has 4 aromatic carbocycles. The summed E-state index contributed by atoms with van der Waals surface area (Å²) in [5.74, 6) is 1.32. The molecule has 1 aliphatic rings. The number of benzene rings is 4. The first-order valence-electron chi connectivity index (χ1n) is 14.0. The van der Waals surface area contributed by atoms with E-state index in [0.717, 1.165) is 4.90 Å². The number of fused-ring (bicyclic) bond motifs is 1. The fourth-order valence-corrected chi connectivity index (χ4v) is 5.20. The van der Waals surface area contributed by atoms with Gasteiger partial charge in [-0.15, -0.1) is 11.8 Å². The second kappa shape index (κ2) is 14.9. The van der Waals surface area contributed by atoms with Crippen LogP contribution in [0.5, 0.6) is 28.7 Å². The minimum atomic E-state index is -0.580. The topological polar surface area (TPSA) is 133 Å². The Morgan fingerprint density at radius 2 is 1.48 bits per heavy atom. The minimum absolute atomic E-state index is 0.0412. The lowest BCUT2D eigenvalue weighted by molar-refractivity contribution is -0.114. The number of methoxy groups -OCH3 is 3. The van der Waals surface area contributed by atoms with Crippen molar-refractivity contribution in [3.8, 4) is 28.7 Å². The lowest BCUT2D eigenvalue weighted by atomic mass is 10.1. The molecule has 236 valence electrons. The van der Waals surface area contributed by atoms with Gasteiger partial charge in [0.15, 0.2) is 23.0 Å². The van der Waals surface area contributed by atoms with Crippen molar-refractivity contribution in [2.45, 2.75) is 4.90 Å². The number of ether oxygens (including phenoxy) is 5. The molecule has 0 bridgehead atoms. The summed E-state index contributed by atoms with van der Waals surface area (Å²) in [5.41, 5.74) is 1.86. The van der Waals surface area contributed by atoms with E-state index in [1.165, 1.54) is 39.2 Å². The molecule has 0 spiro atoms. The van der Waals surface area contributed by atoms with Gasteiger partial charge in [0.05, 0.1) is 27.1 Å². The highest BCUT2D eigenvalue weighted by atomic mass is 32.2. The summed E-state index contributed by atoms with van der Waals surface area (Å²) in [6.45, 7) is 0.149. The molecule has 0 fully saturated rings. The van der Waals surface area contributed by atoms with Crippen LogP contribution in [-0.2, 0) is 9.59 Å². The fraction of sp³-hybridized carbons (Fsp3) is 0.147. The van der Waals surface area contributed by atoms with Gasteiger partial charge >= 0.3 is 0 Å². The predicted octanol–water partition coefficient (Wildman–Crippen LogP) is 5.58. The average molecular weight is 642 g/mol. The summed E-state index contributed by atoms with van der Waals surface area (Å²) >= 11 is 1.30. The number of carbonyl (C=O) groups is 3. The summed E-state index contributed by atoms with van der Waals surface area (Å²) in [6.07, 6.45) is 1.50. The molecular weight excluding hydrogens is 610 g/mol. The number of thioether (sulfide) groups is 1. The standard InChI is InChI=1S/C34H31N3O8S/c1-41-28-18-30(43-3)29(42-2)15-22(28)14-26(37-33(39)21-8-5-4-6-9-21)34(40)36-23-10-7-11-25(16-23)46-19-32(38)35-24-12-13-27-31(17-24)45-20-44-27/h4-18H,19-20H2,1-3H3,(H,35,38)(H,36,40)(H,37,39)/b26-14+. The summed E-state index contributed by atoms with van der Waals surface area (Å²) in [7, 11) is 4.48. The lowest BCUT2D eigenvalue weighted by Gasteiger charge is -2.15. The Kier molecular flexibility index (Phi) is 10.3. The third kappa shape index (κ3) is 7.90. The van der Waals surface area contributed by atoms with Gasteiger partial charge in [0.2, 0.25) is 12.7 Å². The largest absolute Gasteiger partial charge is 0.496 e. The monoisotopic (exact) mass is 641 g/mol. The molecule has 11 nitrogen and oxygen atoms in total. The van der Waals surface area contributed by atoms with Gasteiger partial charge in [-0.05, 0) is 54.6 Å². The molecule has 3 N–H and O–H groups in total. The van der Waals surface area contributed by atoms with Crippen molar-refractivity contribution in [2.75, 3.05) is 44.5 Å². The molecule has 5 rings (SSSR count). The molecule has 1 aliphatic heterocycles. The lowest BCUT2D eigenvalue weighted by Crippen LogP contribution is -2.30. The van der Waals surface area contributed by atoms with Crippen LogP contribution in [0.4, 0.5) is 11.4 Å². The van der Waals surface area contributed by atoms with Crippen molar-refractivity contribution in [1.29, 1.82) is 0 Å². The molecule has 0 unspecified atom stereocenters. The first-order valence-corrected chi connectivity index (χ1v) is 15.0. The van der Waals surface area contributed by atoms with Crippen LogP contribution < -0.4 is 39.6 Å². The van der Waals surface area contributed by atoms with E-state index in [-0.39, 0.29) is 24.2 Å². The molecule has 0 aliphatic carbocycles. The van der Waals surface area contributed by atoms with Crippen LogP contribution in [-0.4, -0.2) is 51.6 Å². The molecular formula is C34H31N3O8S. The van der Waals surface area contributed by atoms with Gasteiger partial charge in [-0.3, -0.25) is 14.4 Å². The van der Waals surface area contributed by atoms with E-state index in [1.807, 2.05) is 6.07 Å². The van der Waals surface area contributed by atoms with Gasteiger partial charge in [-0.25, -0.2) is 0 Å². The Balaban J connectivity index is 1.32. The number of anilines is 2. The van der Waals surface area contributed by atoms with Crippen LogP contribution in [0.15, 0.2) is 95.5 Å². The van der Waals surface area contributed by atoms with Crippen LogP contribution >= 0.6 is 11.8 Å². The van der Waals surface area contributed by atoms with E-state index in [4.69, 9.17) is 23.7 Å². The molecule has 0 atom stereocenters. The van der Waals surface area contributed by atoms with Crippen molar-refractivity contribution >= 4 is 46.9 Å². The molecule has 0 radical (unpaired) electrons. The maximum absolute atomic E-state index is 13.6. The third-order valence-corrected chi connectivity index (χ3v) is 7.68. The van der Waals surface area contributed by atoms with Crippen molar-refractivity contribution in [3.05, 3.63) is 102 Å². The third-order valence-electron chi connectivity index (χ3n) is 6.68. The van der Waals surface area contributed by atoms with Crippen LogP contribution in [0.2, 0.25) is 0 Å². The van der Waals surface area contributed by atoms with Gasteiger partial charge in [0.25, 0.3) is 11.8 Å². The molecule has 1 heterocycles. The molecule has 4 aromatic rings. The molecule has 0 saturated heterocycles. The zero-order chi connectivity index (χ0) is 32.5. The van der Waals surface area contributed by atoms with Gasteiger partial charge in [-0.2, -0.15) is 0 Å². The van der Waals surface area contributed by atoms with Crippen LogP contribution in [0, 0.1) is 0 Å². The van der Waals surface area contributed by atoms with E-state index in [1.54, 1.807) is 78.9 Å². The Morgan fingerprint density at radius 3 is 2.24 bits per heavy atom. The fourth-order valence-electron chi connectivity index (χ4n) is 4.45. The van der Waals surface area contributed by atoms with E-state index >= 15 is 0 Å². The normalized spacial score (nSPS) is 11.8. The van der Waals surface area contributed by atoms with Crippen molar-refractivity contribution < 1.29 is 38.1 Å². The molecule has 3 amide bonds. The first kappa shape index (κ1) is 31.8. The van der Waals surface area contributed by atoms with Gasteiger partial charge in [-0.1, -0.05) is 24.3 Å². The smallest absolute Gasteiger partial charge is 0.272 e. The van der Waals surface area contributed by atoms with Gasteiger partial charge in [0, 0.05) is 39.5 Å². The second-order valence-corrected chi connectivity index (χ2v) is 10.8. The zero-order valence-corrected chi connectivity index (χ0v) is 26.1. The number of nitrogens with one attached hydrogen (secondary N) is 3. The number of carbonyl (C=O) groups excluding carboxylic acids is 3. The highest BCUT2D eigenvalue weighted by Crippen LogP contribution is 2.36. The Morgan fingerprint density at radius 1 is 0.761 bits per heavy atom. The van der Waals surface area contributed by atoms with Crippen LogP contribution in [0.25, 0.3) is 6.08 Å². The maximum atomic E-state index is 13.6. The SMILES string of the molecule is COc1cc(OC)c(OC)cc1/C=C(/NC(=O)c1ccccc1)C(=O)Nc1cccc(SCC(=O)Nc2ccc3c(c2)OCO3)c1. The summed E-state index contributed by atoms with van der Waals surface area (Å²) < 4.78 is 27.0. The van der Waals surface area contributed by atoms with Gasteiger partial charge < -0.3 is 39.6 Å². The number of amides is 3. The van der Waals surface area contributed by atoms with Crippen molar-refractivity contribution in [3.63, 3.8) is 0 Å². The number of hydrogen-bond acceptors (Lipinski definition) is 9. The molecule has 0 aromatic heterocycles. The van der Waals surface area contributed by atoms with Crippen molar-refractivity contribution in [2.24, 2.45) is 0 Å². The summed E-state index contributed by atoms with van der Waals surface area (Å²) in [4.78, 5) is 40.1. The number of hydrogen-bond donors (Lipinski definition) is 3. The Hall–Kier alpha value is -5.62. The predicted molar refractivity (Wildman–Crippen MR) is 175 cm³/mol. The van der Waals surface area contributed by atoms with E-state index in [2.05, 4.69) is 16.0 Å².